The van der Waals surface area contributed by atoms with Gasteiger partial charge in [-0.3, -0.25) is 0 Å². The molecule has 1 aliphatic carbocycles. The first-order valence-electron chi connectivity index (χ1n) is 6.93. The van der Waals surface area contributed by atoms with Crippen LogP contribution >= 0.6 is 0 Å². The van der Waals surface area contributed by atoms with Crippen LogP contribution in [0.2, 0.25) is 0 Å². The van der Waals surface area contributed by atoms with Crippen molar-refractivity contribution < 1.29 is 4.74 Å². The minimum Gasteiger partial charge on any atom is -0.376 e. The SMILES string of the molecule is CNC(c1nccn1C)C1(OC)CCCCCC1. The van der Waals surface area contributed by atoms with Crippen molar-refractivity contribution in [3.63, 3.8) is 0 Å². The third-order valence-corrected chi connectivity index (χ3v) is 4.29. The van der Waals surface area contributed by atoms with Crippen LogP contribution in [-0.4, -0.2) is 29.3 Å². The van der Waals surface area contributed by atoms with Crippen LogP contribution in [-0.2, 0) is 11.8 Å². The Labute approximate surface area is 110 Å². The Morgan fingerprint density at radius 2 is 2.00 bits per heavy atom. The maximum atomic E-state index is 5.97. The van der Waals surface area contributed by atoms with Gasteiger partial charge >= 0.3 is 0 Å². The van der Waals surface area contributed by atoms with Crippen molar-refractivity contribution >= 4 is 0 Å². The molecule has 1 N–H and O–H groups in total. The molecule has 1 unspecified atom stereocenters. The van der Waals surface area contributed by atoms with Gasteiger partial charge in [0, 0.05) is 26.6 Å². The first-order valence-corrected chi connectivity index (χ1v) is 6.93. The van der Waals surface area contributed by atoms with Crippen LogP contribution in [0.4, 0.5) is 0 Å². The maximum Gasteiger partial charge on any atom is 0.128 e. The van der Waals surface area contributed by atoms with E-state index in [4.69, 9.17) is 4.74 Å². The van der Waals surface area contributed by atoms with E-state index in [1.54, 1.807) is 0 Å². The number of hydrogen-bond acceptors (Lipinski definition) is 3. The number of nitrogens with zero attached hydrogens (tertiary/aromatic N) is 2. The molecular formula is C14H25N3O. The van der Waals surface area contributed by atoms with Crippen LogP contribution in [0.15, 0.2) is 12.4 Å². The van der Waals surface area contributed by atoms with E-state index in [0.717, 1.165) is 18.7 Å². The Morgan fingerprint density at radius 3 is 2.44 bits per heavy atom. The predicted molar refractivity (Wildman–Crippen MR) is 72.5 cm³/mol. The van der Waals surface area contributed by atoms with Crippen molar-refractivity contribution in [2.75, 3.05) is 14.2 Å². The molecule has 1 heterocycles. The van der Waals surface area contributed by atoms with Gasteiger partial charge in [0.1, 0.15) is 5.82 Å². The van der Waals surface area contributed by atoms with Crippen molar-refractivity contribution in [3.05, 3.63) is 18.2 Å². The molecule has 0 aliphatic heterocycles. The molecule has 0 bridgehead atoms. The highest BCUT2D eigenvalue weighted by Gasteiger charge is 2.41. The minimum atomic E-state index is -0.107. The van der Waals surface area contributed by atoms with Crippen LogP contribution in [0, 0.1) is 0 Å². The highest BCUT2D eigenvalue weighted by atomic mass is 16.5. The average Bonchev–Trinajstić information content (AvgIpc) is 2.67. The Kier molecular flexibility index (Phi) is 4.40. The lowest BCUT2D eigenvalue weighted by Gasteiger charge is -2.38. The lowest BCUT2D eigenvalue weighted by Crippen LogP contribution is -2.45. The molecule has 4 heteroatoms. The van der Waals surface area contributed by atoms with Gasteiger partial charge < -0.3 is 14.6 Å². The second-order valence-corrected chi connectivity index (χ2v) is 5.30. The summed E-state index contributed by atoms with van der Waals surface area (Å²) in [6.45, 7) is 0. The van der Waals surface area contributed by atoms with Gasteiger partial charge in [0.25, 0.3) is 0 Å². The monoisotopic (exact) mass is 251 g/mol. The van der Waals surface area contributed by atoms with E-state index in [0.29, 0.717) is 0 Å². The van der Waals surface area contributed by atoms with E-state index < -0.39 is 0 Å². The molecule has 1 aromatic rings. The Hall–Kier alpha value is -0.870. The number of likely N-dealkylation sites (N-methyl/N-ethyl adjacent to an activating group) is 1. The highest BCUT2D eigenvalue weighted by Crippen LogP contribution is 2.39. The fraction of sp³-hybridized carbons (Fsp3) is 0.786. The molecule has 18 heavy (non-hydrogen) atoms. The fourth-order valence-electron chi connectivity index (χ4n) is 3.22. The standard InChI is InChI=1S/C14H25N3O/c1-15-12(13-16-10-11-17(13)2)14(18-3)8-6-4-5-7-9-14/h10-12,15H,4-9H2,1-3H3. The molecule has 0 radical (unpaired) electrons. The van der Waals surface area contributed by atoms with Crippen molar-refractivity contribution in [1.29, 1.82) is 0 Å². The van der Waals surface area contributed by atoms with Crippen molar-refractivity contribution in [2.45, 2.75) is 50.2 Å². The molecule has 1 saturated carbocycles. The van der Waals surface area contributed by atoms with E-state index in [1.165, 1.54) is 25.7 Å². The van der Waals surface area contributed by atoms with Gasteiger partial charge in [-0.1, -0.05) is 25.7 Å². The molecule has 4 nitrogen and oxygen atoms in total. The Balaban J connectivity index is 2.30. The second kappa shape index (κ2) is 5.85. The smallest absolute Gasteiger partial charge is 0.128 e. The molecule has 2 rings (SSSR count). The normalized spacial score (nSPS) is 21.5. The number of nitrogens with one attached hydrogen (secondary N) is 1. The zero-order valence-corrected chi connectivity index (χ0v) is 11.8. The lowest BCUT2D eigenvalue weighted by molar-refractivity contribution is -0.0549. The summed E-state index contributed by atoms with van der Waals surface area (Å²) in [5.74, 6) is 1.07. The van der Waals surface area contributed by atoms with Gasteiger partial charge in [0.05, 0.1) is 11.6 Å². The summed E-state index contributed by atoms with van der Waals surface area (Å²) in [6, 6.07) is 0.167. The Bertz CT molecular complexity index is 367. The average molecular weight is 251 g/mol. The zero-order valence-electron chi connectivity index (χ0n) is 11.8. The molecule has 0 aromatic carbocycles. The van der Waals surface area contributed by atoms with E-state index in [9.17, 15) is 0 Å². The molecule has 102 valence electrons. The van der Waals surface area contributed by atoms with Gasteiger partial charge in [0.15, 0.2) is 0 Å². The summed E-state index contributed by atoms with van der Waals surface area (Å²) in [5, 5.41) is 3.43. The third kappa shape index (κ3) is 2.45. The summed E-state index contributed by atoms with van der Waals surface area (Å²) < 4.78 is 8.06. The number of methoxy groups -OCH3 is 1. The van der Waals surface area contributed by atoms with Crippen LogP contribution in [0.3, 0.4) is 0 Å². The van der Waals surface area contributed by atoms with Crippen LogP contribution in [0.25, 0.3) is 0 Å². The topological polar surface area (TPSA) is 39.1 Å². The fourth-order valence-corrected chi connectivity index (χ4v) is 3.22. The largest absolute Gasteiger partial charge is 0.376 e. The van der Waals surface area contributed by atoms with Crippen molar-refractivity contribution in [1.82, 2.24) is 14.9 Å². The van der Waals surface area contributed by atoms with Crippen molar-refractivity contribution in [3.8, 4) is 0 Å². The first-order chi connectivity index (χ1) is 8.73. The number of ether oxygens (including phenoxy) is 1. The van der Waals surface area contributed by atoms with Crippen molar-refractivity contribution in [2.24, 2.45) is 7.05 Å². The minimum absolute atomic E-state index is 0.107. The van der Waals surface area contributed by atoms with Gasteiger partial charge in [-0.15, -0.1) is 0 Å². The zero-order chi connectivity index (χ0) is 13.0. The molecular weight excluding hydrogens is 226 g/mol. The quantitative estimate of drug-likeness (QED) is 0.835. The molecule has 0 spiro atoms. The van der Waals surface area contributed by atoms with E-state index in [1.807, 2.05) is 33.6 Å². The van der Waals surface area contributed by atoms with Crippen LogP contribution in [0.5, 0.6) is 0 Å². The van der Waals surface area contributed by atoms with Gasteiger partial charge in [-0.2, -0.15) is 0 Å². The summed E-state index contributed by atoms with van der Waals surface area (Å²) in [5.41, 5.74) is -0.107. The first kappa shape index (κ1) is 13.6. The number of hydrogen-bond donors (Lipinski definition) is 1. The predicted octanol–water partition coefficient (Wildman–Crippen LogP) is 2.42. The molecule has 1 aromatic heterocycles. The summed E-state index contributed by atoms with van der Waals surface area (Å²) in [4.78, 5) is 4.51. The van der Waals surface area contributed by atoms with E-state index in [2.05, 4.69) is 14.9 Å². The number of aryl methyl sites for hydroxylation is 1. The van der Waals surface area contributed by atoms with Crippen LogP contribution in [0.1, 0.15) is 50.4 Å². The number of aromatic nitrogens is 2. The summed E-state index contributed by atoms with van der Waals surface area (Å²) in [7, 11) is 5.90. The molecule has 0 saturated heterocycles. The third-order valence-electron chi connectivity index (χ3n) is 4.29. The maximum absolute atomic E-state index is 5.97. The van der Waals surface area contributed by atoms with E-state index in [-0.39, 0.29) is 11.6 Å². The van der Waals surface area contributed by atoms with Gasteiger partial charge in [0.2, 0.25) is 0 Å². The Morgan fingerprint density at radius 1 is 1.33 bits per heavy atom. The second-order valence-electron chi connectivity index (χ2n) is 5.30. The molecule has 1 fully saturated rings. The molecule has 0 amide bonds. The highest BCUT2D eigenvalue weighted by molar-refractivity contribution is 5.08. The van der Waals surface area contributed by atoms with Crippen LogP contribution < -0.4 is 5.32 Å². The van der Waals surface area contributed by atoms with E-state index >= 15 is 0 Å². The summed E-state index contributed by atoms with van der Waals surface area (Å²) >= 11 is 0. The number of rotatable bonds is 4. The molecule has 1 aliphatic rings. The lowest BCUT2D eigenvalue weighted by atomic mass is 9.85. The number of imidazole rings is 1. The van der Waals surface area contributed by atoms with Gasteiger partial charge in [-0.25, -0.2) is 4.98 Å². The molecule has 1 atom stereocenters. The summed E-state index contributed by atoms with van der Waals surface area (Å²) in [6.07, 6.45) is 11.2. The van der Waals surface area contributed by atoms with Gasteiger partial charge in [-0.05, 0) is 19.9 Å².